The molecule has 0 saturated carbocycles. The smallest absolute Gasteiger partial charge is 0.340 e. The molecule has 0 atom stereocenters. The van der Waals surface area contributed by atoms with Gasteiger partial charge in [0.2, 0.25) is 5.91 Å². The number of esters is 1. The van der Waals surface area contributed by atoms with Crippen molar-refractivity contribution in [1.82, 2.24) is 9.97 Å². The second-order valence-corrected chi connectivity index (χ2v) is 6.04. The lowest BCUT2D eigenvalue weighted by Crippen LogP contribution is -2.30. The van der Waals surface area contributed by atoms with Crippen LogP contribution in [0.15, 0.2) is 54.9 Å². The molecule has 2 aromatic carbocycles. The van der Waals surface area contributed by atoms with E-state index in [1.807, 2.05) is 24.3 Å². The molecule has 2 heterocycles. The van der Waals surface area contributed by atoms with E-state index in [-0.39, 0.29) is 18.9 Å². The molecule has 0 saturated heterocycles. The number of carbonyl (C=O) groups is 2. The molecule has 6 heteroatoms. The first-order chi connectivity index (χ1) is 12.7. The Morgan fingerprint density at radius 2 is 1.88 bits per heavy atom. The van der Waals surface area contributed by atoms with Crippen LogP contribution in [-0.4, -0.2) is 35.0 Å². The van der Waals surface area contributed by atoms with Gasteiger partial charge in [0.05, 0.1) is 17.5 Å². The maximum Gasteiger partial charge on any atom is 0.340 e. The normalized spacial score (nSPS) is 12.8. The summed E-state index contributed by atoms with van der Waals surface area (Å²) in [7, 11) is 0. The minimum absolute atomic E-state index is 0.0347. The summed E-state index contributed by atoms with van der Waals surface area (Å²) in [5.74, 6) is -0.536. The molecule has 0 aliphatic carbocycles. The first kappa shape index (κ1) is 16.2. The molecule has 1 aliphatic heterocycles. The number of rotatable bonds is 4. The number of hydrogen-bond donors (Lipinski definition) is 0. The third-order valence-corrected chi connectivity index (χ3v) is 4.46. The Balaban J connectivity index is 1.39. The fraction of sp³-hybridized carbons (Fsp3) is 0.200. The SMILES string of the molecule is O=C(OCCC(=O)N1CCc2ccccc21)c1cccc2nccnc12. The molecule has 1 aromatic heterocycles. The Bertz CT molecular complexity index is 981. The van der Waals surface area contributed by atoms with E-state index in [0.717, 1.165) is 12.1 Å². The monoisotopic (exact) mass is 347 g/mol. The van der Waals surface area contributed by atoms with Gasteiger partial charge < -0.3 is 9.64 Å². The zero-order valence-electron chi connectivity index (χ0n) is 14.1. The number of fused-ring (bicyclic) bond motifs is 2. The summed E-state index contributed by atoms with van der Waals surface area (Å²) < 4.78 is 5.30. The summed E-state index contributed by atoms with van der Waals surface area (Å²) in [5, 5.41) is 0. The van der Waals surface area contributed by atoms with E-state index in [1.165, 1.54) is 11.8 Å². The summed E-state index contributed by atoms with van der Waals surface area (Å²) in [6.45, 7) is 0.706. The van der Waals surface area contributed by atoms with Crippen LogP contribution < -0.4 is 4.90 Å². The quantitative estimate of drug-likeness (QED) is 0.679. The average molecular weight is 347 g/mol. The van der Waals surface area contributed by atoms with Crippen LogP contribution in [0.4, 0.5) is 5.69 Å². The molecule has 26 heavy (non-hydrogen) atoms. The van der Waals surface area contributed by atoms with Crippen LogP contribution in [0.25, 0.3) is 11.0 Å². The van der Waals surface area contributed by atoms with Crippen molar-refractivity contribution in [2.75, 3.05) is 18.1 Å². The molecule has 0 unspecified atom stereocenters. The average Bonchev–Trinajstić information content (AvgIpc) is 3.11. The minimum atomic E-state index is -0.495. The fourth-order valence-corrected chi connectivity index (χ4v) is 3.20. The summed E-state index contributed by atoms with van der Waals surface area (Å²) >= 11 is 0. The molecule has 1 aliphatic rings. The third kappa shape index (κ3) is 3.01. The Kier molecular flexibility index (Phi) is 4.31. The Morgan fingerprint density at radius 3 is 2.81 bits per heavy atom. The molecule has 1 amide bonds. The highest BCUT2D eigenvalue weighted by Gasteiger charge is 2.24. The topological polar surface area (TPSA) is 72.4 Å². The first-order valence-electron chi connectivity index (χ1n) is 8.49. The minimum Gasteiger partial charge on any atom is -0.461 e. The van der Waals surface area contributed by atoms with Crippen molar-refractivity contribution < 1.29 is 14.3 Å². The molecule has 0 fully saturated rings. The summed E-state index contributed by atoms with van der Waals surface area (Å²) in [6, 6.07) is 13.0. The van der Waals surface area contributed by atoms with Gasteiger partial charge in [0.1, 0.15) is 12.1 Å². The maximum atomic E-state index is 12.5. The van der Waals surface area contributed by atoms with E-state index in [2.05, 4.69) is 9.97 Å². The second-order valence-electron chi connectivity index (χ2n) is 6.04. The van der Waals surface area contributed by atoms with Crippen LogP contribution >= 0.6 is 0 Å². The number of amides is 1. The number of benzene rings is 2. The van der Waals surface area contributed by atoms with E-state index in [1.54, 1.807) is 29.3 Å². The second kappa shape index (κ2) is 6.92. The van der Waals surface area contributed by atoms with Gasteiger partial charge in [-0.1, -0.05) is 24.3 Å². The maximum absolute atomic E-state index is 12.5. The van der Waals surface area contributed by atoms with Crippen LogP contribution in [0.2, 0.25) is 0 Å². The van der Waals surface area contributed by atoms with Crippen molar-refractivity contribution in [3.05, 3.63) is 66.0 Å². The van der Waals surface area contributed by atoms with Gasteiger partial charge in [-0.15, -0.1) is 0 Å². The highest BCUT2D eigenvalue weighted by atomic mass is 16.5. The summed E-state index contributed by atoms with van der Waals surface area (Å²) in [5.41, 5.74) is 3.61. The third-order valence-electron chi connectivity index (χ3n) is 4.46. The first-order valence-corrected chi connectivity index (χ1v) is 8.49. The van der Waals surface area contributed by atoms with Gasteiger partial charge in [-0.25, -0.2) is 4.79 Å². The molecule has 0 radical (unpaired) electrons. The van der Waals surface area contributed by atoms with Gasteiger partial charge in [0.25, 0.3) is 0 Å². The van der Waals surface area contributed by atoms with Gasteiger partial charge >= 0.3 is 5.97 Å². The summed E-state index contributed by atoms with van der Waals surface area (Å²) in [4.78, 5) is 34.9. The van der Waals surface area contributed by atoms with Crippen LogP contribution in [0.1, 0.15) is 22.3 Å². The van der Waals surface area contributed by atoms with E-state index < -0.39 is 5.97 Å². The number of carbonyl (C=O) groups excluding carboxylic acids is 2. The lowest BCUT2D eigenvalue weighted by atomic mass is 10.2. The molecule has 0 N–H and O–H groups in total. The van der Waals surface area contributed by atoms with Crippen LogP contribution in [0, 0.1) is 0 Å². The van der Waals surface area contributed by atoms with Crippen molar-refractivity contribution in [3.63, 3.8) is 0 Å². The molecule has 0 bridgehead atoms. The molecule has 6 nitrogen and oxygen atoms in total. The highest BCUT2D eigenvalue weighted by molar-refractivity contribution is 6.01. The highest BCUT2D eigenvalue weighted by Crippen LogP contribution is 2.27. The number of anilines is 1. The molecule has 130 valence electrons. The molecule has 0 spiro atoms. The zero-order chi connectivity index (χ0) is 17.9. The zero-order valence-corrected chi connectivity index (χ0v) is 14.1. The van der Waals surface area contributed by atoms with Gasteiger partial charge in [0, 0.05) is 24.6 Å². The molecular formula is C20H17N3O3. The molecular weight excluding hydrogens is 330 g/mol. The van der Waals surface area contributed by atoms with Gasteiger partial charge in [-0.3, -0.25) is 14.8 Å². The van der Waals surface area contributed by atoms with Crippen molar-refractivity contribution in [2.24, 2.45) is 0 Å². The lowest BCUT2D eigenvalue weighted by Gasteiger charge is -2.17. The van der Waals surface area contributed by atoms with Gasteiger partial charge in [0.15, 0.2) is 0 Å². The van der Waals surface area contributed by atoms with Crippen molar-refractivity contribution in [2.45, 2.75) is 12.8 Å². The van der Waals surface area contributed by atoms with Crippen molar-refractivity contribution in [1.29, 1.82) is 0 Å². The van der Waals surface area contributed by atoms with Crippen LogP contribution in [0.3, 0.4) is 0 Å². The number of para-hydroxylation sites is 2. The summed E-state index contributed by atoms with van der Waals surface area (Å²) in [6.07, 6.45) is 4.12. The van der Waals surface area contributed by atoms with Crippen LogP contribution in [0.5, 0.6) is 0 Å². The lowest BCUT2D eigenvalue weighted by molar-refractivity contribution is -0.119. The van der Waals surface area contributed by atoms with Crippen molar-refractivity contribution >= 4 is 28.6 Å². The molecule has 4 rings (SSSR count). The number of ether oxygens (including phenoxy) is 1. The Hall–Kier alpha value is -3.28. The van der Waals surface area contributed by atoms with Gasteiger partial charge in [-0.05, 0) is 30.2 Å². The van der Waals surface area contributed by atoms with E-state index in [4.69, 9.17) is 4.74 Å². The van der Waals surface area contributed by atoms with Crippen LogP contribution in [-0.2, 0) is 16.0 Å². The fourth-order valence-electron chi connectivity index (χ4n) is 3.20. The molecule has 3 aromatic rings. The predicted octanol–water partition coefficient (Wildman–Crippen LogP) is 2.77. The number of hydrogen-bond acceptors (Lipinski definition) is 5. The van der Waals surface area contributed by atoms with E-state index in [0.29, 0.717) is 23.1 Å². The Morgan fingerprint density at radius 1 is 1.04 bits per heavy atom. The van der Waals surface area contributed by atoms with E-state index >= 15 is 0 Å². The van der Waals surface area contributed by atoms with E-state index in [9.17, 15) is 9.59 Å². The number of nitrogens with zero attached hydrogens (tertiary/aromatic N) is 3. The largest absolute Gasteiger partial charge is 0.461 e. The standard InChI is InChI=1S/C20H17N3O3/c24-18(23-12-8-14-4-1-2-7-17(14)23)9-13-26-20(25)15-5-3-6-16-19(15)22-11-10-21-16/h1-7,10-11H,8-9,12-13H2. The Labute approximate surface area is 150 Å². The van der Waals surface area contributed by atoms with Gasteiger partial charge in [-0.2, -0.15) is 0 Å². The predicted molar refractivity (Wildman–Crippen MR) is 96.9 cm³/mol. The van der Waals surface area contributed by atoms with Crippen molar-refractivity contribution in [3.8, 4) is 0 Å². The number of aromatic nitrogens is 2.